The van der Waals surface area contributed by atoms with E-state index in [0.29, 0.717) is 12.1 Å². The van der Waals surface area contributed by atoms with Crippen LogP contribution in [0.4, 0.5) is 5.69 Å². The number of hydrogen-bond donors (Lipinski definition) is 3. The predicted octanol–water partition coefficient (Wildman–Crippen LogP) is 2.22. The molecule has 1 aromatic carbocycles. The fourth-order valence-corrected chi connectivity index (χ4v) is 2.07. The number of hydrogen-bond acceptors (Lipinski definition) is 3. The summed E-state index contributed by atoms with van der Waals surface area (Å²) in [7, 11) is 0. The van der Waals surface area contributed by atoms with Crippen LogP contribution < -0.4 is 16.6 Å². The molecule has 0 aliphatic carbocycles. The highest BCUT2D eigenvalue weighted by molar-refractivity contribution is 5.40. The zero-order chi connectivity index (χ0) is 11.8. The molecule has 3 nitrogen and oxygen atoms in total. The van der Waals surface area contributed by atoms with Gasteiger partial charge in [0.1, 0.15) is 0 Å². The lowest BCUT2D eigenvalue weighted by Crippen LogP contribution is -2.39. The molecule has 1 heterocycles. The van der Waals surface area contributed by atoms with Gasteiger partial charge in [-0.3, -0.25) is 5.43 Å². The summed E-state index contributed by atoms with van der Waals surface area (Å²) in [6, 6.07) is 9.02. The molecule has 0 radical (unpaired) electrons. The van der Waals surface area contributed by atoms with Gasteiger partial charge in [0.05, 0.1) is 0 Å². The van der Waals surface area contributed by atoms with Crippen molar-refractivity contribution in [3.63, 3.8) is 0 Å². The summed E-state index contributed by atoms with van der Waals surface area (Å²) in [5, 5.41) is 0. The van der Waals surface area contributed by atoms with Gasteiger partial charge < -0.3 is 5.73 Å². The highest BCUT2D eigenvalue weighted by Crippen LogP contribution is 2.31. The quantitative estimate of drug-likeness (QED) is 0.635. The van der Waals surface area contributed by atoms with Crippen LogP contribution in [0.25, 0.3) is 0 Å². The molecule has 0 saturated carbocycles. The number of nitrogens with one attached hydrogen (secondary N) is 2. The Kier molecular flexibility index (Phi) is 2.91. The zero-order valence-corrected chi connectivity index (χ0v) is 10.2. The maximum Gasteiger partial charge on any atom is 0.0478 e. The van der Waals surface area contributed by atoms with Gasteiger partial charge in [-0.2, -0.15) is 0 Å². The van der Waals surface area contributed by atoms with E-state index in [-0.39, 0.29) is 5.41 Å². The van der Waals surface area contributed by atoms with Gasteiger partial charge in [0.2, 0.25) is 0 Å². The smallest absolute Gasteiger partial charge is 0.0478 e. The molecule has 0 bridgehead atoms. The Morgan fingerprint density at radius 1 is 1.12 bits per heavy atom. The lowest BCUT2D eigenvalue weighted by atomic mass is 9.84. The molecule has 88 valence electrons. The number of benzene rings is 1. The molecule has 2 unspecified atom stereocenters. The molecule has 2 rings (SSSR count). The number of rotatable bonds is 1. The van der Waals surface area contributed by atoms with Crippen LogP contribution >= 0.6 is 0 Å². The Balaban J connectivity index is 2.06. The Labute approximate surface area is 97.4 Å². The van der Waals surface area contributed by atoms with E-state index >= 15 is 0 Å². The predicted molar refractivity (Wildman–Crippen MR) is 67.7 cm³/mol. The monoisotopic (exact) mass is 219 g/mol. The van der Waals surface area contributed by atoms with Gasteiger partial charge in [-0.05, 0) is 29.5 Å². The number of hydrazine groups is 1. The SMILES string of the molecule is CC(C)(C)C1CC(c2ccc(N)cc2)NN1. The molecule has 1 aliphatic heterocycles. The van der Waals surface area contributed by atoms with E-state index in [1.807, 2.05) is 12.1 Å². The van der Waals surface area contributed by atoms with Gasteiger partial charge >= 0.3 is 0 Å². The highest BCUT2D eigenvalue weighted by atomic mass is 15.4. The molecule has 0 aromatic heterocycles. The van der Waals surface area contributed by atoms with Crippen LogP contribution in [-0.2, 0) is 0 Å². The van der Waals surface area contributed by atoms with Crippen LogP contribution in [-0.4, -0.2) is 6.04 Å². The van der Waals surface area contributed by atoms with Gasteiger partial charge in [0, 0.05) is 17.8 Å². The minimum Gasteiger partial charge on any atom is -0.399 e. The summed E-state index contributed by atoms with van der Waals surface area (Å²) in [4.78, 5) is 0. The van der Waals surface area contributed by atoms with Crippen molar-refractivity contribution in [3.8, 4) is 0 Å². The second kappa shape index (κ2) is 4.07. The second-order valence-electron chi connectivity index (χ2n) is 5.66. The summed E-state index contributed by atoms with van der Waals surface area (Å²) >= 11 is 0. The lowest BCUT2D eigenvalue weighted by molar-refractivity contribution is 0.286. The Morgan fingerprint density at radius 2 is 1.75 bits per heavy atom. The van der Waals surface area contributed by atoms with E-state index in [1.54, 1.807) is 0 Å². The summed E-state index contributed by atoms with van der Waals surface area (Å²) < 4.78 is 0. The van der Waals surface area contributed by atoms with Crippen molar-refractivity contribution in [1.82, 2.24) is 10.9 Å². The van der Waals surface area contributed by atoms with Gasteiger partial charge in [-0.25, -0.2) is 5.43 Å². The van der Waals surface area contributed by atoms with E-state index in [9.17, 15) is 0 Å². The Bertz CT molecular complexity index is 350. The molecule has 16 heavy (non-hydrogen) atoms. The number of anilines is 1. The molecule has 1 saturated heterocycles. The zero-order valence-electron chi connectivity index (χ0n) is 10.2. The van der Waals surface area contributed by atoms with Crippen molar-refractivity contribution in [2.24, 2.45) is 5.41 Å². The largest absolute Gasteiger partial charge is 0.399 e. The van der Waals surface area contributed by atoms with E-state index < -0.39 is 0 Å². The summed E-state index contributed by atoms with van der Waals surface area (Å²) in [5.74, 6) is 0. The van der Waals surface area contributed by atoms with Gasteiger partial charge in [-0.1, -0.05) is 32.9 Å². The second-order valence-corrected chi connectivity index (χ2v) is 5.66. The molecule has 0 amide bonds. The first-order valence-corrected chi connectivity index (χ1v) is 5.83. The van der Waals surface area contributed by atoms with Crippen LogP contribution in [0.2, 0.25) is 0 Å². The fourth-order valence-electron chi connectivity index (χ4n) is 2.07. The maximum absolute atomic E-state index is 5.69. The van der Waals surface area contributed by atoms with E-state index in [4.69, 9.17) is 5.73 Å². The van der Waals surface area contributed by atoms with Crippen molar-refractivity contribution >= 4 is 5.69 Å². The molecule has 1 aromatic rings. The molecular weight excluding hydrogens is 198 g/mol. The van der Waals surface area contributed by atoms with Crippen molar-refractivity contribution in [3.05, 3.63) is 29.8 Å². The van der Waals surface area contributed by atoms with Crippen LogP contribution in [0.15, 0.2) is 24.3 Å². The van der Waals surface area contributed by atoms with Gasteiger partial charge in [-0.15, -0.1) is 0 Å². The van der Waals surface area contributed by atoms with Crippen LogP contribution in [0.3, 0.4) is 0 Å². The minimum atomic E-state index is 0.287. The van der Waals surface area contributed by atoms with Gasteiger partial charge in [0.25, 0.3) is 0 Å². The topological polar surface area (TPSA) is 50.1 Å². The molecule has 4 N–H and O–H groups in total. The summed E-state index contributed by atoms with van der Waals surface area (Å²) in [6.07, 6.45) is 1.12. The van der Waals surface area contributed by atoms with E-state index in [0.717, 1.165) is 12.1 Å². The number of nitrogens with two attached hydrogens (primary N) is 1. The average molecular weight is 219 g/mol. The molecule has 1 fully saturated rings. The third-order valence-electron chi connectivity index (χ3n) is 3.29. The van der Waals surface area contributed by atoms with Crippen molar-refractivity contribution in [2.45, 2.75) is 39.3 Å². The van der Waals surface area contributed by atoms with E-state index in [1.165, 1.54) is 5.56 Å². The third kappa shape index (κ3) is 2.36. The highest BCUT2D eigenvalue weighted by Gasteiger charge is 2.32. The molecule has 1 aliphatic rings. The molecule has 0 spiro atoms. The number of nitrogen functional groups attached to an aromatic ring is 1. The first-order chi connectivity index (χ1) is 7.47. The van der Waals surface area contributed by atoms with Crippen molar-refractivity contribution in [1.29, 1.82) is 0 Å². The standard InChI is InChI=1S/C13H21N3/c1-13(2,3)12-8-11(15-16-12)9-4-6-10(14)7-5-9/h4-7,11-12,15-16H,8,14H2,1-3H3. The Morgan fingerprint density at radius 3 is 2.25 bits per heavy atom. The summed E-state index contributed by atoms with van der Waals surface area (Å²) in [6.45, 7) is 6.78. The Hall–Kier alpha value is -1.06. The first kappa shape index (κ1) is 11.4. The minimum absolute atomic E-state index is 0.287. The maximum atomic E-state index is 5.69. The first-order valence-electron chi connectivity index (χ1n) is 5.83. The van der Waals surface area contributed by atoms with Crippen LogP contribution in [0.1, 0.15) is 38.8 Å². The fraction of sp³-hybridized carbons (Fsp3) is 0.538. The summed E-state index contributed by atoms with van der Waals surface area (Å²) in [5.41, 5.74) is 14.8. The molecule has 2 atom stereocenters. The van der Waals surface area contributed by atoms with E-state index in [2.05, 4.69) is 43.8 Å². The van der Waals surface area contributed by atoms with Crippen molar-refractivity contribution in [2.75, 3.05) is 5.73 Å². The van der Waals surface area contributed by atoms with Crippen molar-refractivity contribution < 1.29 is 0 Å². The average Bonchev–Trinajstić information content (AvgIpc) is 2.67. The van der Waals surface area contributed by atoms with Gasteiger partial charge in [0.15, 0.2) is 0 Å². The van der Waals surface area contributed by atoms with Crippen LogP contribution in [0.5, 0.6) is 0 Å². The normalized spacial score (nSPS) is 25.9. The molecule has 3 heteroatoms. The third-order valence-corrected chi connectivity index (χ3v) is 3.29. The van der Waals surface area contributed by atoms with Crippen LogP contribution in [0, 0.1) is 5.41 Å². The molecular formula is C13H21N3. The lowest BCUT2D eigenvalue weighted by Gasteiger charge is -2.26.